The molecule has 7 nitrogen and oxygen atoms in total. The molecule has 1 unspecified atom stereocenters. The molecule has 0 aliphatic rings. The van der Waals surface area contributed by atoms with Gasteiger partial charge >= 0.3 is 0 Å². The highest BCUT2D eigenvalue weighted by atomic mass is 16.5. The van der Waals surface area contributed by atoms with Gasteiger partial charge in [-0.05, 0) is 30.8 Å². The van der Waals surface area contributed by atoms with Crippen molar-refractivity contribution in [2.75, 3.05) is 44.4 Å². The Hall–Kier alpha value is -3.19. The van der Waals surface area contributed by atoms with Crippen molar-refractivity contribution in [3.8, 4) is 17.0 Å². The van der Waals surface area contributed by atoms with E-state index in [-0.39, 0.29) is 5.92 Å². The third-order valence-corrected chi connectivity index (χ3v) is 4.67. The van der Waals surface area contributed by atoms with Crippen LogP contribution in [0.3, 0.4) is 0 Å². The standard InChI is InChI=1S/C22H28N6O/c1-16(18-6-4-5-7-20(18)29-3)13-25-22-12-19(27-15-28-22)17-8-9-21(26-14-17)24-11-10-23-2/h4-9,12,14-16,23H,10-11,13H2,1-3H3,(H,24,26)(H,25,27,28). The van der Waals surface area contributed by atoms with Gasteiger partial charge in [0.25, 0.3) is 0 Å². The van der Waals surface area contributed by atoms with Gasteiger partial charge in [-0.25, -0.2) is 15.0 Å². The van der Waals surface area contributed by atoms with E-state index in [0.717, 1.165) is 48.3 Å². The fourth-order valence-corrected chi connectivity index (χ4v) is 3.02. The highest BCUT2D eigenvalue weighted by Crippen LogP contribution is 2.26. The molecule has 3 N–H and O–H groups in total. The molecule has 0 aliphatic carbocycles. The van der Waals surface area contributed by atoms with E-state index in [0.29, 0.717) is 0 Å². The molecule has 0 saturated heterocycles. The van der Waals surface area contributed by atoms with Crippen LogP contribution in [-0.2, 0) is 0 Å². The molecule has 0 saturated carbocycles. The molecule has 0 radical (unpaired) electrons. The number of aromatic nitrogens is 3. The summed E-state index contributed by atoms with van der Waals surface area (Å²) >= 11 is 0. The van der Waals surface area contributed by atoms with E-state index in [1.807, 2.05) is 49.6 Å². The average Bonchev–Trinajstić information content (AvgIpc) is 2.78. The number of likely N-dealkylation sites (N-methyl/N-ethyl adjacent to an activating group) is 1. The topological polar surface area (TPSA) is 84.0 Å². The van der Waals surface area contributed by atoms with Gasteiger partial charge in [0.05, 0.1) is 12.8 Å². The number of methoxy groups -OCH3 is 1. The molecule has 7 heteroatoms. The first-order chi connectivity index (χ1) is 14.2. The summed E-state index contributed by atoms with van der Waals surface area (Å²) in [4.78, 5) is 13.2. The van der Waals surface area contributed by atoms with E-state index >= 15 is 0 Å². The lowest BCUT2D eigenvalue weighted by Gasteiger charge is -2.16. The third kappa shape index (κ3) is 5.65. The SMILES string of the molecule is CNCCNc1ccc(-c2cc(NCC(C)c3ccccc3OC)ncn2)cn1. The Morgan fingerprint density at radius 3 is 2.59 bits per heavy atom. The maximum Gasteiger partial charge on any atom is 0.129 e. The van der Waals surface area contributed by atoms with Crippen molar-refractivity contribution in [3.63, 3.8) is 0 Å². The fraction of sp³-hybridized carbons (Fsp3) is 0.318. The first-order valence-electron chi connectivity index (χ1n) is 9.75. The molecule has 0 fully saturated rings. The fourth-order valence-electron chi connectivity index (χ4n) is 3.02. The Labute approximate surface area is 172 Å². The van der Waals surface area contributed by atoms with E-state index in [1.165, 1.54) is 5.56 Å². The normalized spacial score (nSPS) is 11.7. The maximum atomic E-state index is 5.47. The maximum absolute atomic E-state index is 5.47. The van der Waals surface area contributed by atoms with Gasteiger partial charge < -0.3 is 20.7 Å². The van der Waals surface area contributed by atoms with Crippen molar-refractivity contribution in [3.05, 3.63) is 60.6 Å². The van der Waals surface area contributed by atoms with Crippen LogP contribution in [0.25, 0.3) is 11.3 Å². The lowest BCUT2D eigenvalue weighted by Crippen LogP contribution is -2.18. The number of hydrogen-bond acceptors (Lipinski definition) is 7. The zero-order valence-electron chi connectivity index (χ0n) is 17.1. The largest absolute Gasteiger partial charge is 0.496 e. The number of anilines is 2. The predicted octanol–water partition coefficient (Wildman–Crippen LogP) is 3.39. The third-order valence-electron chi connectivity index (χ3n) is 4.67. The molecule has 1 atom stereocenters. The van der Waals surface area contributed by atoms with Crippen molar-refractivity contribution in [2.24, 2.45) is 0 Å². The number of para-hydroxylation sites is 1. The zero-order chi connectivity index (χ0) is 20.5. The summed E-state index contributed by atoms with van der Waals surface area (Å²) in [5, 5.41) is 9.76. The molecule has 152 valence electrons. The minimum Gasteiger partial charge on any atom is -0.496 e. The second-order valence-electron chi connectivity index (χ2n) is 6.77. The number of ether oxygens (including phenoxy) is 1. The van der Waals surface area contributed by atoms with E-state index in [9.17, 15) is 0 Å². The number of benzene rings is 1. The molecule has 1 aromatic carbocycles. The summed E-state index contributed by atoms with van der Waals surface area (Å²) in [6, 6.07) is 14.0. The van der Waals surface area contributed by atoms with Crippen molar-refractivity contribution in [2.45, 2.75) is 12.8 Å². The summed E-state index contributed by atoms with van der Waals surface area (Å²) in [7, 11) is 3.63. The molecule has 2 aromatic heterocycles. The van der Waals surface area contributed by atoms with Gasteiger partial charge in [-0.3, -0.25) is 0 Å². The number of nitrogens with one attached hydrogen (secondary N) is 3. The summed E-state index contributed by atoms with van der Waals surface area (Å²) in [5.41, 5.74) is 2.96. The van der Waals surface area contributed by atoms with Gasteiger partial charge in [-0.2, -0.15) is 0 Å². The first-order valence-corrected chi connectivity index (χ1v) is 9.75. The molecule has 3 aromatic rings. The molecule has 29 heavy (non-hydrogen) atoms. The summed E-state index contributed by atoms with van der Waals surface area (Å²) in [5.74, 6) is 2.81. The van der Waals surface area contributed by atoms with Crippen molar-refractivity contribution in [1.82, 2.24) is 20.3 Å². The van der Waals surface area contributed by atoms with Crippen LogP contribution >= 0.6 is 0 Å². The van der Waals surface area contributed by atoms with Gasteiger partial charge in [0.1, 0.15) is 23.7 Å². The van der Waals surface area contributed by atoms with Crippen LogP contribution in [0.1, 0.15) is 18.4 Å². The number of pyridine rings is 1. The van der Waals surface area contributed by atoms with Gasteiger partial charge in [0.2, 0.25) is 0 Å². The molecular weight excluding hydrogens is 364 g/mol. The molecule has 3 rings (SSSR count). The second-order valence-corrected chi connectivity index (χ2v) is 6.77. The van der Waals surface area contributed by atoms with E-state index in [2.05, 4.69) is 43.9 Å². The molecule has 0 amide bonds. The van der Waals surface area contributed by atoms with Crippen LogP contribution < -0.4 is 20.7 Å². The molecule has 0 spiro atoms. The lowest BCUT2D eigenvalue weighted by molar-refractivity contribution is 0.407. The van der Waals surface area contributed by atoms with Gasteiger partial charge in [-0.15, -0.1) is 0 Å². The van der Waals surface area contributed by atoms with Crippen LogP contribution in [0.4, 0.5) is 11.6 Å². The Morgan fingerprint density at radius 2 is 1.83 bits per heavy atom. The number of rotatable bonds is 10. The highest BCUT2D eigenvalue weighted by molar-refractivity contribution is 5.62. The van der Waals surface area contributed by atoms with E-state index in [1.54, 1.807) is 13.4 Å². The van der Waals surface area contributed by atoms with E-state index in [4.69, 9.17) is 4.74 Å². The lowest BCUT2D eigenvalue weighted by atomic mass is 10.00. The van der Waals surface area contributed by atoms with Crippen LogP contribution in [0.5, 0.6) is 5.75 Å². The Bertz CT molecular complexity index is 900. The minimum atomic E-state index is 0.272. The Kier molecular flexibility index (Phi) is 7.35. The predicted molar refractivity (Wildman–Crippen MR) is 118 cm³/mol. The van der Waals surface area contributed by atoms with Gasteiger partial charge in [-0.1, -0.05) is 25.1 Å². The number of hydrogen-bond donors (Lipinski definition) is 3. The van der Waals surface area contributed by atoms with Crippen molar-refractivity contribution in [1.29, 1.82) is 0 Å². The monoisotopic (exact) mass is 392 g/mol. The zero-order valence-corrected chi connectivity index (χ0v) is 17.1. The first kappa shape index (κ1) is 20.5. The summed E-state index contributed by atoms with van der Waals surface area (Å²) in [6.45, 7) is 4.62. The number of nitrogens with zero attached hydrogens (tertiary/aromatic N) is 3. The van der Waals surface area contributed by atoms with Crippen LogP contribution in [0, 0.1) is 0 Å². The van der Waals surface area contributed by atoms with Crippen LogP contribution in [0.15, 0.2) is 55.0 Å². The molecule has 2 heterocycles. The molecule has 0 bridgehead atoms. The highest BCUT2D eigenvalue weighted by Gasteiger charge is 2.11. The molecular formula is C22H28N6O. The van der Waals surface area contributed by atoms with Crippen LogP contribution in [-0.4, -0.2) is 48.7 Å². The average molecular weight is 393 g/mol. The Balaban J connectivity index is 1.63. The van der Waals surface area contributed by atoms with Gasteiger partial charge in [0, 0.05) is 43.4 Å². The molecule has 0 aliphatic heterocycles. The van der Waals surface area contributed by atoms with Crippen LogP contribution in [0.2, 0.25) is 0 Å². The minimum absolute atomic E-state index is 0.272. The summed E-state index contributed by atoms with van der Waals surface area (Å²) < 4.78 is 5.47. The quantitative estimate of drug-likeness (QED) is 0.456. The van der Waals surface area contributed by atoms with Crippen molar-refractivity contribution >= 4 is 11.6 Å². The smallest absolute Gasteiger partial charge is 0.129 e. The second kappa shape index (κ2) is 10.4. The van der Waals surface area contributed by atoms with Gasteiger partial charge in [0.15, 0.2) is 0 Å². The van der Waals surface area contributed by atoms with E-state index < -0.39 is 0 Å². The Morgan fingerprint density at radius 1 is 0.966 bits per heavy atom. The van der Waals surface area contributed by atoms with Crippen molar-refractivity contribution < 1.29 is 4.74 Å². The summed E-state index contributed by atoms with van der Waals surface area (Å²) in [6.07, 6.45) is 3.40.